The van der Waals surface area contributed by atoms with Crippen molar-refractivity contribution in [3.63, 3.8) is 0 Å². The maximum absolute atomic E-state index is 13.4. The highest BCUT2D eigenvalue weighted by molar-refractivity contribution is 5.96. The molecule has 1 atom stereocenters. The molecule has 0 aromatic heterocycles. The molecule has 3 heterocycles. The number of carbonyl (C=O) groups is 3. The molecule has 2 aromatic rings. The van der Waals surface area contributed by atoms with Crippen LogP contribution in [0.5, 0.6) is 0 Å². The third-order valence-corrected chi connectivity index (χ3v) is 8.34. The molecule has 2 saturated heterocycles. The summed E-state index contributed by atoms with van der Waals surface area (Å²) in [7, 11) is 0. The summed E-state index contributed by atoms with van der Waals surface area (Å²) in [5.74, 6) is -0.325. The van der Waals surface area contributed by atoms with Gasteiger partial charge in [-0.05, 0) is 57.7 Å². The summed E-state index contributed by atoms with van der Waals surface area (Å²) in [5, 5.41) is 12.1. The van der Waals surface area contributed by atoms with E-state index in [0.717, 1.165) is 11.3 Å². The van der Waals surface area contributed by atoms with Crippen LogP contribution in [0.4, 0.5) is 26.7 Å². The van der Waals surface area contributed by atoms with E-state index in [9.17, 15) is 24.5 Å². The first-order valence-corrected chi connectivity index (χ1v) is 14.6. The Morgan fingerprint density at radius 3 is 2.50 bits per heavy atom. The molecule has 0 spiro atoms. The summed E-state index contributed by atoms with van der Waals surface area (Å²) >= 11 is 0. The van der Waals surface area contributed by atoms with E-state index in [0.29, 0.717) is 64.1 Å². The minimum atomic E-state index is -0.457. The van der Waals surface area contributed by atoms with Crippen LogP contribution in [0.3, 0.4) is 0 Å². The molecular weight excluding hydrogens is 542 g/mol. The Kier molecular flexibility index (Phi) is 8.79. The molecule has 5 rings (SSSR count). The van der Waals surface area contributed by atoms with Crippen molar-refractivity contribution in [3.05, 3.63) is 63.7 Å². The molecule has 1 unspecified atom stereocenters. The molecule has 0 N–H and O–H groups in total. The molecule has 12 nitrogen and oxygen atoms in total. The van der Waals surface area contributed by atoms with E-state index >= 15 is 0 Å². The zero-order valence-corrected chi connectivity index (χ0v) is 24.1. The third kappa shape index (κ3) is 5.97. The Labute approximate surface area is 244 Å². The number of hydrogen-bond donors (Lipinski definition) is 0. The lowest BCUT2D eigenvalue weighted by Crippen LogP contribution is -2.49. The molecule has 0 aliphatic carbocycles. The predicted octanol–water partition coefficient (Wildman–Crippen LogP) is 4.80. The molecule has 0 bridgehead atoms. The van der Waals surface area contributed by atoms with Gasteiger partial charge in [-0.1, -0.05) is 18.2 Å². The van der Waals surface area contributed by atoms with Gasteiger partial charge >= 0.3 is 12.2 Å². The van der Waals surface area contributed by atoms with E-state index in [-0.39, 0.29) is 42.4 Å². The summed E-state index contributed by atoms with van der Waals surface area (Å²) in [6, 6.07) is 12.2. The van der Waals surface area contributed by atoms with Crippen LogP contribution in [0, 0.1) is 10.1 Å². The van der Waals surface area contributed by atoms with E-state index in [1.54, 1.807) is 26.8 Å². The van der Waals surface area contributed by atoms with Gasteiger partial charge in [0, 0.05) is 56.0 Å². The van der Waals surface area contributed by atoms with Crippen LogP contribution in [-0.2, 0) is 16.1 Å². The van der Waals surface area contributed by atoms with E-state index in [1.165, 1.54) is 6.07 Å². The van der Waals surface area contributed by atoms with Crippen molar-refractivity contribution in [2.75, 3.05) is 49.1 Å². The summed E-state index contributed by atoms with van der Waals surface area (Å²) in [6.45, 7) is 6.84. The average molecular weight is 580 g/mol. The molecule has 3 aliphatic rings. The molecule has 3 amide bonds. The Morgan fingerprint density at radius 1 is 1.05 bits per heavy atom. The molecule has 2 fully saturated rings. The Bertz CT molecular complexity index is 1340. The standard InChI is InChI=1S/C30H37N5O7/c1-3-31(4-2)29(37)42-24-9-7-15-33(19-24)28(36)21-11-12-26(27(18-21)35(39)40)32-16-13-23(14-17-32)34-25-10-6-5-8-22(25)20-41-30(34)38/h5-6,8,10-12,18,23-24H,3-4,7,9,13-17,19-20H2,1-2H3. The number of carbonyl (C=O) groups excluding carboxylic acids is 3. The van der Waals surface area contributed by atoms with Crippen molar-refractivity contribution >= 4 is 35.2 Å². The Balaban J connectivity index is 1.26. The number of ether oxygens (including phenoxy) is 2. The number of para-hydroxylation sites is 1. The number of rotatable bonds is 7. The number of cyclic esters (lactones) is 1. The topological polar surface area (TPSA) is 126 Å². The second kappa shape index (κ2) is 12.7. The smallest absolute Gasteiger partial charge is 0.414 e. The minimum Gasteiger partial charge on any atom is -0.444 e. The number of nitro groups is 1. The second-order valence-corrected chi connectivity index (χ2v) is 10.8. The minimum absolute atomic E-state index is 0.0852. The van der Waals surface area contributed by atoms with Gasteiger partial charge in [-0.15, -0.1) is 0 Å². The highest BCUT2D eigenvalue weighted by Gasteiger charge is 2.36. The lowest BCUT2D eigenvalue weighted by Gasteiger charge is -2.40. The number of nitrogens with zero attached hydrogens (tertiary/aromatic N) is 5. The van der Waals surface area contributed by atoms with Crippen molar-refractivity contribution in [2.45, 2.75) is 58.3 Å². The first-order chi connectivity index (χ1) is 20.3. The van der Waals surface area contributed by atoms with Crippen LogP contribution in [0.15, 0.2) is 42.5 Å². The molecule has 0 saturated carbocycles. The van der Waals surface area contributed by atoms with Gasteiger partial charge in [0.15, 0.2) is 0 Å². The van der Waals surface area contributed by atoms with Crippen LogP contribution >= 0.6 is 0 Å². The summed E-state index contributed by atoms with van der Waals surface area (Å²) < 4.78 is 11.0. The van der Waals surface area contributed by atoms with Crippen LogP contribution in [-0.4, -0.2) is 84.2 Å². The Morgan fingerprint density at radius 2 is 1.79 bits per heavy atom. The quantitative estimate of drug-likeness (QED) is 0.338. The van der Waals surface area contributed by atoms with E-state index in [2.05, 4.69) is 0 Å². The zero-order chi connectivity index (χ0) is 29.8. The highest BCUT2D eigenvalue weighted by Crippen LogP contribution is 2.36. The summed E-state index contributed by atoms with van der Waals surface area (Å²) in [6.07, 6.45) is 1.37. The molecular formula is C30H37N5O7. The lowest BCUT2D eigenvalue weighted by molar-refractivity contribution is -0.384. The molecule has 2 aromatic carbocycles. The normalized spacial score (nSPS) is 19.1. The maximum Gasteiger partial charge on any atom is 0.414 e. The number of anilines is 2. The number of hydrogen-bond acceptors (Lipinski definition) is 8. The fourth-order valence-electron chi connectivity index (χ4n) is 6.06. The zero-order valence-electron chi connectivity index (χ0n) is 24.1. The molecule has 224 valence electrons. The van der Waals surface area contributed by atoms with Crippen LogP contribution < -0.4 is 9.80 Å². The molecule has 3 aliphatic heterocycles. The second-order valence-electron chi connectivity index (χ2n) is 10.8. The third-order valence-electron chi connectivity index (χ3n) is 8.34. The maximum atomic E-state index is 13.4. The first kappa shape index (κ1) is 29.2. The van der Waals surface area contributed by atoms with Crippen LogP contribution in [0.25, 0.3) is 0 Å². The average Bonchev–Trinajstić information content (AvgIpc) is 3.01. The summed E-state index contributed by atoms with van der Waals surface area (Å²) in [4.78, 5) is 56.9. The van der Waals surface area contributed by atoms with Crippen molar-refractivity contribution in [3.8, 4) is 0 Å². The fourth-order valence-corrected chi connectivity index (χ4v) is 6.06. The highest BCUT2D eigenvalue weighted by atomic mass is 16.6. The number of piperidine rings is 2. The van der Waals surface area contributed by atoms with E-state index < -0.39 is 17.1 Å². The molecule has 12 heteroatoms. The van der Waals surface area contributed by atoms with Crippen molar-refractivity contribution in [1.29, 1.82) is 0 Å². The number of likely N-dealkylation sites (tertiary alicyclic amines) is 1. The summed E-state index contributed by atoms with van der Waals surface area (Å²) in [5.41, 5.74) is 2.34. The number of fused-ring (bicyclic) bond motifs is 1. The number of nitro benzene ring substituents is 1. The van der Waals surface area contributed by atoms with Crippen molar-refractivity contribution in [2.24, 2.45) is 0 Å². The fraction of sp³-hybridized carbons (Fsp3) is 0.500. The van der Waals surface area contributed by atoms with Crippen LogP contribution in [0.1, 0.15) is 55.5 Å². The van der Waals surface area contributed by atoms with Crippen molar-refractivity contribution in [1.82, 2.24) is 9.80 Å². The van der Waals surface area contributed by atoms with Gasteiger partial charge in [-0.2, -0.15) is 0 Å². The van der Waals surface area contributed by atoms with Crippen molar-refractivity contribution < 1.29 is 28.8 Å². The van der Waals surface area contributed by atoms with Gasteiger partial charge in [0.05, 0.1) is 17.2 Å². The number of benzene rings is 2. The van der Waals surface area contributed by atoms with Gasteiger partial charge in [0.2, 0.25) is 0 Å². The van der Waals surface area contributed by atoms with Gasteiger partial charge < -0.3 is 24.2 Å². The van der Waals surface area contributed by atoms with Crippen LogP contribution in [0.2, 0.25) is 0 Å². The van der Waals surface area contributed by atoms with E-state index in [4.69, 9.17) is 9.47 Å². The first-order valence-electron chi connectivity index (χ1n) is 14.6. The predicted molar refractivity (Wildman–Crippen MR) is 156 cm³/mol. The van der Waals surface area contributed by atoms with Gasteiger partial charge in [-0.3, -0.25) is 19.8 Å². The van der Waals surface area contributed by atoms with Gasteiger partial charge in [0.1, 0.15) is 18.4 Å². The van der Waals surface area contributed by atoms with Gasteiger partial charge in [-0.25, -0.2) is 9.59 Å². The lowest BCUT2D eigenvalue weighted by atomic mass is 9.99. The van der Waals surface area contributed by atoms with E-state index in [1.807, 2.05) is 43.0 Å². The number of amides is 3. The molecule has 0 radical (unpaired) electrons. The monoisotopic (exact) mass is 579 g/mol. The Hall–Kier alpha value is -4.35. The molecule has 42 heavy (non-hydrogen) atoms. The SMILES string of the molecule is CCN(CC)C(=O)OC1CCCN(C(=O)c2ccc(N3CCC(N4C(=O)OCc5ccccc54)CC3)c([N+](=O)[O-])c2)C1. The largest absolute Gasteiger partial charge is 0.444 e. The van der Waals surface area contributed by atoms with Gasteiger partial charge in [0.25, 0.3) is 11.6 Å².